The van der Waals surface area contributed by atoms with Gasteiger partial charge in [-0.25, -0.2) is 0 Å². The van der Waals surface area contributed by atoms with Gasteiger partial charge in [0.25, 0.3) is 0 Å². The van der Waals surface area contributed by atoms with E-state index in [4.69, 9.17) is 0 Å². The van der Waals surface area contributed by atoms with Crippen LogP contribution in [0.25, 0.3) is 0 Å². The molecule has 3 heteroatoms. The fraction of sp³-hybridized carbons (Fsp3) is 0.842. The van der Waals surface area contributed by atoms with Crippen molar-refractivity contribution < 1.29 is 15.0 Å². The highest BCUT2D eigenvalue weighted by atomic mass is 16.3. The van der Waals surface area contributed by atoms with Crippen molar-refractivity contribution in [2.75, 3.05) is 0 Å². The molecule has 2 N–H and O–H groups in total. The summed E-state index contributed by atoms with van der Waals surface area (Å²) in [5, 5.41) is 21.4. The van der Waals surface area contributed by atoms with Gasteiger partial charge in [-0.2, -0.15) is 0 Å². The zero-order valence-corrected chi connectivity index (χ0v) is 13.7. The van der Waals surface area contributed by atoms with Crippen LogP contribution >= 0.6 is 0 Å². The second kappa shape index (κ2) is 4.67. The molecule has 3 saturated carbocycles. The molecule has 3 nitrogen and oxygen atoms in total. The summed E-state index contributed by atoms with van der Waals surface area (Å²) < 4.78 is 0. The van der Waals surface area contributed by atoms with Gasteiger partial charge < -0.3 is 10.2 Å². The molecule has 7 atom stereocenters. The Labute approximate surface area is 132 Å². The van der Waals surface area contributed by atoms with Crippen LogP contribution in [0.15, 0.2) is 11.6 Å². The molecule has 0 aromatic heterocycles. The number of carbonyl (C=O) groups is 1. The van der Waals surface area contributed by atoms with Crippen LogP contribution in [0, 0.1) is 28.6 Å². The van der Waals surface area contributed by atoms with E-state index in [1.54, 1.807) is 0 Å². The first-order valence-corrected chi connectivity index (χ1v) is 8.96. The minimum absolute atomic E-state index is 0.00881. The topological polar surface area (TPSA) is 57.5 Å². The number of allylic oxidation sites excluding steroid dienone is 1. The Morgan fingerprint density at radius 1 is 1.14 bits per heavy atom. The van der Waals surface area contributed by atoms with Gasteiger partial charge in [-0.15, -0.1) is 0 Å². The molecule has 0 spiro atoms. The number of rotatable bonds is 0. The molecule has 0 amide bonds. The first kappa shape index (κ1) is 14.9. The molecule has 3 unspecified atom stereocenters. The quantitative estimate of drug-likeness (QED) is 0.723. The largest absolute Gasteiger partial charge is 0.393 e. The highest BCUT2D eigenvalue weighted by Gasteiger charge is 2.61. The summed E-state index contributed by atoms with van der Waals surface area (Å²) in [6.45, 7) is 4.46. The Morgan fingerprint density at radius 2 is 1.91 bits per heavy atom. The number of carbonyl (C=O) groups excluding carboxylic acids is 1. The average molecular weight is 304 g/mol. The molecule has 0 radical (unpaired) electrons. The fourth-order valence-electron chi connectivity index (χ4n) is 6.66. The zero-order chi connectivity index (χ0) is 15.7. The van der Waals surface area contributed by atoms with Gasteiger partial charge in [-0.3, -0.25) is 4.79 Å². The van der Waals surface area contributed by atoms with Crippen LogP contribution in [-0.4, -0.2) is 28.2 Å². The predicted octanol–water partition coefficient (Wildman–Crippen LogP) is 2.85. The summed E-state index contributed by atoms with van der Waals surface area (Å²) in [5.41, 5.74) is 1.17. The summed E-state index contributed by atoms with van der Waals surface area (Å²) in [6.07, 6.45) is 7.56. The van der Waals surface area contributed by atoms with Crippen LogP contribution in [0.4, 0.5) is 0 Å². The highest BCUT2D eigenvalue weighted by molar-refractivity contribution is 5.91. The average Bonchev–Trinajstić information content (AvgIpc) is 2.75. The molecule has 3 fully saturated rings. The molecular formula is C19H28O3. The molecular weight excluding hydrogens is 276 g/mol. The van der Waals surface area contributed by atoms with E-state index >= 15 is 0 Å². The Hall–Kier alpha value is -0.670. The van der Waals surface area contributed by atoms with Crippen LogP contribution in [-0.2, 0) is 4.79 Å². The predicted molar refractivity (Wildman–Crippen MR) is 84.1 cm³/mol. The smallest absolute Gasteiger partial charge is 0.155 e. The van der Waals surface area contributed by atoms with E-state index < -0.39 is 0 Å². The molecule has 22 heavy (non-hydrogen) atoms. The molecule has 0 bridgehead atoms. The maximum Gasteiger partial charge on any atom is 0.155 e. The summed E-state index contributed by atoms with van der Waals surface area (Å²) in [7, 11) is 0. The van der Waals surface area contributed by atoms with Gasteiger partial charge in [0, 0.05) is 6.42 Å². The third-order valence-electron chi connectivity index (χ3n) is 7.84. The van der Waals surface area contributed by atoms with Crippen molar-refractivity contribution in [2.24, 2.45) is 28.6 Å². The van der Waals surface area contributed by atoms with Crippen molar-refractivity contribution in [1.82, 2.24) is 0 Å². The summed E-state index contributed by atoms with van der Waals surface area (Å²) >= 11 is 0. The molecule has 0 aromatic rings. The number of aliphatic hydroxyl groups excluding tert-OH is 2. The lowest BCUT2D eigenvalue weighted by Gasteiger charge is -2.59. The first-order chi connectivity index (χ1) is 10.4. The zero-order valence-electron chi connectivity index (χ0n) is 13.7. The van der Waals surface area contributed by atoms with Crippen molar-refractivity contribution in [3.8, 4) is 0 Å². The molecule has 122 valence electrons. The standard InChI is InChI=1S/C19H28O3/c1-18-8-7-12(20)9-11(18)3-4-13-14-5-6-16(22)19(14,2)10-15(21)17(13)18/h9,13-17,21-22H,3-8,10H2,1-2H3/t13?,14?,15-,16-,17?,18-,19-/m0/s1. The third-order valence-corrected chi connectivity index (χ3v) is 7.84. The van der Waals surface area contributed by atoms with E-state index in [9.17, 15) is 15.0 Å². The maximum atomic E-state index is 11.8. The molecule has 0 heterocycles. The van der Waals surface area contributed by atoms with Crippen LogP contribution < -0.4 is 0 Å². The number of hydrogen-bond acceptors (Lipinski definition) is 3. The van der Waals surface area contributed by atoms with E-state index in [0.717, 1.165) is 38.5 Å². The highest BCUT2D eigenvalue weighted by Crippen LogP contribution is 2.65. The van der Waals surface area contributed by atoms with E-state index in [1.807, 2.05) is 6.08 Å². The third kappa shape index (κ3) is 1.78. The van der Waals surface area contributed by atoms with Gasteiger partial charge in [-0.05, 0) is 73.2 Å². The van der Waals surface area contributed by atoms with Crippen molar-refractivity contribution in [3.63, 3.8) is 0 Å². The second-order valence-electron chi connectivity index (χ2n) is 8.76. The van der Waals surface area contributed by atoms with E-state index in [-0.39, 0.29) is 34.7 Å². The van der Waals surface area contributed by atoms with E-state index in [0.29, 0.717) is 18.3 Å². The normalized spacial score (nSPS) is 54.3. The van der Waals surface area contributed by atoms with Crippen molar-refractivity contribution in [1.29, 1.82) is 0 Å². The Balaban J connectivity index is 1.74. The Morgan fingerprint density at radius 3 is 2.68 bits per heavy atom. The minimum Gasteiger partial charge on any atom is -0.393 e. The lowest BCUT2D eigenvalue weighted by Crippen LogP contribution is -2.57. The molecule has 4 aliphatic carbocycles. The molecule has 4 aliphatic rings. The molecule has 4 rings (SSSR count). The molecule has 0 saturated heterocycles. The Kier molecular flexibility index (Phi) is 3.16. The molecule has 0 aliphatic heterocycles. The van der Waals surface area contributed by atoms with Crippen LogP contribution in [0.2, 0.25) is 0 Å². The number of hydrogen-bond donors (Lipinski definition) is 2. The fourth-order valence-corrected chi connectivity index (χ4v) is 6.66. The minimum atomic E-state index is -0.346. The Bertz CT molecular complexity index is 539. The van der Waals surface area contributed by atoms with Crippen molar-refractivity contribution in [2.45, 2.75) is 71.0 Å². The van der Waals surface area contributed by atoms with Crippen LogP contribution in [0.5, 0.6) is 0 Å². The monoisotopic (exact) mass is 304 g/mol. The lowest BCUT2D eigenvalue weighted by atomic mass is 9.46. The SMILES string of the molecule is C[C@]12CCC(=O)C=C1CCC1C2[C@@H](O)C[C@@]2(C)C1CC[C@@H]2O. The summed E-state index contributed by atoms with van der Waals surface area (Å²) in [6, 6.07) is 0. The van der Waals surface area contributed by atoms with Gasteiger partial charge in [0.1, 0.15) is 0 Å². The van der Waals surface area contributed by atoms with Gasteiger partial charge in [0.15, 0.2) is 5.78 Å². The van der Waals surface area contributed by atoms with Gasteiger partial charge >= 0.3 is 0 Å². The number of fused-ring (bicyclic) bond motifs is 5. The van der Waals surface area contributed by atoms with Crippen LogP contribution in [0.3, 0.4) is 0 Å². The van der Waals surface area contributed by atoms with Crippen molar-refractivity contribution >= 4 is 5.78 Å². The summed E-state index contributed by atoms with van der Waals surface area (Å²) in [4.78, 5) is 11.8. The van der Waals surface area contributed by atoms with E-state index in [2.05, 4.69) is 13.8 Å². The van der Waals surface area contributed by atoms with E-state index in [1.165, 1.54) is 5.57 Å². The second-order valence-corrected chi connectivity index (χ2v) is 8.76. The van der Waals surface area contributed by atoms with Gasteiger partial charge in [-0.1, -0.05) is 19.4 Å². The number of ketones is 1. The lowest BCUT2D eigenvalue weighted by molar-refractivity contribution is -0.142. The van der Waals surface area contributed by atoms with Gasteiger partial charge in [0.05, 0.1) is 12.2 Å². The first-order valence-electron chi connectivity index (χ1n) is 8.96. The van der Waals surface area contributed by atoms with Gasteiger partial charge in [0.2, 0.25) is 0 Å². The van der Waals surface area contributed by atoms with Crippen LogP contribution in [0.1, 0.15) is 58.8 Å². The van der Waals surface area contributed by atoms with Crippen molar-refractivity contribution in [3.05, 3.63) is 11.6 Å². The maximum absolute atomic E-state index is 11.8. The summed E-state index contributed by atoms with van der Waals surface area (Å²) in [5.74, 6) is 1.56. The number of aliphatic hydroxyl groups is 2. The molecule has 0 aromatic carbocycles.